The Morgan fingerprint density at radius 2 is 0.489 bits per heavy atom. The molecule has 3 N–H and O–H groups in total. The highest BCUT2D eigenvalue weighted by Gasteiger charge is 2.30. The zero-order chi connectivity index (χ0) is 69.3. The fraction of sp³-hybridized carbons (Fsp3) is 0.947. The first-order valence-electron chi connectivity index (χ1n) is 39.0. The number of hydrogen-bond acceptors (Lipinski definition) is 15. The van der Waals surface area contributed by atoms with Gasteiger partial charge in [0.15, 0.2) is 12.2 Å². The lowest BCUT2D eigenvalue weighted by molar-refractivity contribution is -0.161. The Bertz CT molecular complexity index is 1820. The molecule has 0 rings (SSSR count). The standard InChI is InChI=1S/C75H146O17P2/c1-7-9-11-13-15-16-17-18-19-20-21-22-23-24-25-26-27-32-35-41-47-53-59-74(79)91-71(64-86-73(78)58-52-46-40-34-31-29-28-30-33-38-43-49-55-67(3)4)66-90-94(83,84)88-62-69(76)61-87-93(81,82)89-65-70(63-85-72(77)57-51-45-37-14-12-10-8-2)92-75(80)60-54-48-42-36-39-44-50-56-68(5)6/h67-71,76H,7-66H2,1-6H3,(H,81,82)(H,83,84)/t69-,70+,71+/m0/s1. The third kappa shape index (κ3) is 68.6. The molecule has 94 heavy (non-hydrogen) atoms. The van der Waals surface area contributed by atoms with Crippen molar-refractivity contribution in [1.29, 1.82) is 0 Å². The summed E-state index contributed by atoms with van der Waals surface area (Å²) >= 11 is 0. The smallest absolute Gasteiger partial charge is 0.462 e. The molecule has 0 radical (unpaired) electrons. The number of carbonyl (C=O) groups excluding carboxylic acids is 4. The van der Waals surface area contributed by atoms with Gasteiger partial charge in [0.1, 0.15) is 19.3 Å². The minimum atomic E-state index is -4.96. The maximum Gasteiger partial charge on any atom is 0.472 e. The van der Waals surface area contributed by atoms with Crippen molar-refractivity contribution in [1.82, 2.24) is 0 Å². The maximum absolute atomic E-state index is 13.1. The summed E-state index contributed by atoms with van der Waals surface area (Å²) in [4.78, 5) is 72.5. The zero-order valence-electron chi connectivity index (χ0n) is 61.3. The van der Waals surface area contributed by atoms with Crippen LogP contribution in [0.1, 0.15) is 388 Å². The van der Waals surface area contributed by atoms with E-state index in [1.165, 1.54) is 193 Å². The van der Waals surface area contributed by atoms with Gasteiger partial charge in [-0.1, -0.05) is 337 Å². The van der Waals surface area contributed by atoms with Crippen LogP contribution >= 0.6 is 15.6 Å². The molecule has 0 spiro atoms. The van der Waals surface area contributed by atoms with Gasteiger partial charge in [-0.2, -0.15) is 0 Å². The van der Waals surface area contributed by atoms with Gasteiger partial charge < -0.3 is 33.8 Å². The fourth-order valence-corrected chi connectivity index (χ4v) is 13.1. The molecular formula is C75H146O17P2. The molecule has 0 fully saturated rings. The summed E-state index contributed by atoms with van der Waals surface area (Å²) in [6.07, 6.45) is 54.6. The number of carbonyl (C=O) groups is 4. The van der Waals surface area contributed by atoms with Crippen LogP contribution in [0.2, 0.25) is 0 Å². The van der Waals surface area contributed by atoms with E-state index in [1.807, 2.05) is 0 Å². The summed E-state index contributed by atoms with van der Waals surface area (Å²) in [5.74, 6) is -0.648. The number of hydrogen-bond donors (Lipinski definition) is 3. The highest BCUT2D eigenvalue weighted by molar-refractivity contribution is 7.47. The number of ether oxygens (including phenoxy) is 4. The number of phosphoric ester groups is 2. The van der Waals surface area contributed by atoms with Crippen molar-refractivity contribution < 1.29 is 80.2 Å². The van der Waals surface area contributed by atoms with Gasteiger partial charge in [0, 0.05) is 25.7 Å². The molecule has 0 aliphatic carbocycles. The van der Waals surface area contributed by atoms with Gasteiger partial charge >= 0.3 is 39.5 Å². The SMILES string of the molecule is CCCCCCCCCCCCCCCCCCCCCCCCC(=O)O[C@H](COC(=O)CCCCCCCCCCCCCCC(C)C)COP(=O)(O)OC[C@@H](O)COP(=O)(O)OC[C@@H](COC(=O)CCCCCCCCC)OC(=O)CCCCCCCCCC(C)C. The second-order valence-electron chi connectivity index (χ2n) is 28.0. The average Bonchev–Trinajstić information content (AvgIpc) is 1.60. The Balaban J connectivity index is 5.14. The molecule has 0 heterocycles. The molecule has 0 aromatic carbocycles. The average molecular weight is 1380 g/mol. The number of phosphoric acid groups is 2. The van der Waals surface area contributed by atoms with Gasteiger partial charge in [0.25, 0.3) is 0 Å². The van der Waals surface area contributed by atoms with E-state index in [2.05, 4.69) is 41.5 Å². The molecule has 5 atom stereocenters. The summed E-state index contributed by atoms with van der Waals surface area (Å²) in [5, 5.41) is 10.6. The fourth-order valence-electron chi connectivity index (χ4n) is 11.5. The van der Waals surface area contributed by atoms with Crippen LogP contribution in [0.15, 0.2) is 0 Å². The number of esters is 4. The first-order valence-corrected chi connectivity index (χ1v) is 42.0. The Morgan fingerprint density at radius 3 is 0.723 bits per heavy atom. The van der Waals surface area contributed by atoms with Crippen LogP contribution in [0, 0.1) is 11.8 Å². The van der Waals surface area contributed by atoms with E-state index < -0.39 is 97.5 Å². The van der Waals surface area contributed by atoms with E-state index in [-0.39, 0.29) is 25.7 Å². The first-order chi connectivity index (χ1) is 45.4. The van der Waals surface area contributed by atoms with Crippen LogP contribution in [-0.4, -0.2) is 96.7 Å². The summed E-state index contributed by atoms with van der Waals surface area (Å²) in [6, 6.07) is 0. The minimum Gasteiger partial charge on any atom is -0.462 e. The molecule has 0 bridgehead atoms. The molecule has 0 aromatic rings. The highest BCUT2D eigenvalue weighted by atomic mass is 31.2. The van der Waals surface area contributed by atoms with E-state index in [0.717, 1.165) is 109 Å². The number of aliphatic hydroxyl groups excluding tert-OH is 1. The second kappa shape index (κ2) is 66.9. The quantitative estimate of drug-likeness (QED) is 0.0222. The van der Waals surface area contributed by atoms with Crippen molar-refractivity contribution in [3.63, 3.8) is 0 Å². The molecule has 19 heteroatoms. The third-order valence-electron chi connectivity index (χ3n) is 17.5. The van der Waals surface area contributed by atoms with Crippen molar-refractivity contribution in [3.8, 4) is 0 Å². The van der Waals surface area contributed by atoms with E-state index in [9.17, 15) is 43.2 Å². The lowest BCUT2D eigenvalue weighted by atomic mass is 10.0. The summed E-state index contributed by atoms with van der Waals surface area (Å²) < 4.78 is 68.3. The zero-order valence-corrected chi connectivity index (χ0v) is 63.1. The van der Waals surface area contributed by atoms with Crippen LogP contribution in [0.25, 0.3) is 0 Å². The Hall–Kier alpha value is -1.94. The summed E-state index contributed by atoms with van der Waals surface area (Å²) in [6.45, 7) is 9.48. The van der Waals surface area contributed by atoms with Crippen molar-refractivity contribution in [2.45, 2.75) is 407 Å². The van der Waals surface area contributed by atoms with Crippen molar-refractivity contribution in [2.24, 2.45) is 11.8 Å². The van der Waals surface area contributed by atoms with Crippen molar-refractivity contribution in [2.75, 3.05) is 39.6 Å². The van der Waals surface area contributed by atoms with Gasteiger partial charge in [0.2, 0.25) is 0 Å². The number of rotatable bonds is 74. The van der Waals surface area contributed by atoms with E-state index >= 15 is 0 Å². The normalized spacial score (nSPS) is 14.0. The van der Waals surface area contributed by atoms with E-state index in [1.54, 1.807) is 0 Å². The summed E-state index contributed by atoms with van der Waals surface area (Å²) in [7, 11) is -9.90. The molecule has 17 nitrogen and oxygen atoms in total. The van der Waals surface area contributed by atoms with Gasteiger partial charge in [-0.3, -0.25) is 37.3 Å². The Morgan fingerprint density at radius 1 is 0.287 bits per heavy atom. The van der Waals surface area contributed by atoms with Crippen LogP contribution in [0.3, 0.4) is 0 Å². The second-order valence-corrected chi connectivity index (χ2v) is 30.9. The molecule has 0 amide bonds. The van der Waals surface area contributed by atoms with Gasteiger partial charge in [-0.05, 0) is 37.5 Å². The maximum atomic E-state index is 13.1. The molecule has 2 unspecified atom stereocenters. The molecule has 0 saturated carbocycles. The third-order valence-corrected chi connectivity index (χ3v) is 19.4. The monoisotopic (exact) mass is 1380 g/mol. The topological polar surface area (TPSA) is 237 Å². The lowest BCUT2D eigenvalue weighted by Gasteiger charge is -2.21. The van der Waals surface area contributed by atoms with Gasteiger partial charge in [0.05, 0.1) is 26.4 Å². The number of aliphatic hydroxyl groups is 1. The molecule has 0 aromatic heterocycles. The predicted octanol–water partition coefficient (Wildman–Crippen LogP) is 21.9. The van der Waals surface area contributed by atoms with E-state index in [4.69, 9.17) is 37.0 Å². The van der Waals surface area contributed by atoms with Crippen molar-refractivity contribution >= 4 is 39.5 Å². The largest absolute Gasteiger partial charge is 0.472 e. The van der Waals surface area contributed by atoms with Gasteiger partial charge in [-0.15, -0.1) is 0 Å². The molecule has 0 aliphatic heterocycles. The van der Waals surface area contributed by atoms with Crippen LogP contribution < -0.4 is 0 Å². The van der Waals surface area contributed by atoms with E-state index in [0.29, 0.717) is 31.6 Å². The summed E-state index contributed by atoms with van der Waals surface area (Å²) in [5.41, 5.74) is 0. The van der Waals surface area contributed by atoms with Gasteiger partial charge in [-0.25, -0.2) is 9.13 Å². The first kappa shape index (κ1) is 92.1. The predicted molar refractivity (Wildman–Crippen MR) is 381 cm³/mol. The van der Waals surface area contributed by atoms with Crippen LogP contribution in [0.5, 0.6) is 0 Å². The molecule has 0 saturated heterocycles. The van der Waals surface area contributed by atoms with Crippen LogP contribution in [-0.2, 0) is 65.4 Å². The van der Waals surface area contributed by atoms with Crippen LogP contribution in [0.4, 0.5) is 0 Å². The minimum absolute atomic E-state index is 0.103. The Labute approximate surface area is 575 Å². The Kier molecular flexibility index (Phi) is 65.5. The molecule has 558 valence electrons. The lowest BCUT2D eigenvalue weighted by Crippen LogP contribution is -2.30. The highest BCUT2D eigenvalue weighted by Crippen LogP contribution is 2.45. The van der Waals surface area contributed by atoms with Crippen molar-refractivity contribution in [3.05, 3.63) is 0 Å². The molecule has 0 aliphatic rings. The number of unbranched alkanes of at least 4 members (excludes halogenated alkanes) is 44. The molecular weight excluding hydrogens is 1230 g/mol.